The summed E-state index contributed by atoms with van der Waals surface area (Å²) in [6.07, 6.45) is -4.93. The molecule has 0 fully saturated rings. The van der Waals surface area contributed by atoms with Crippen molar-refractivity contribution >= 4 is 38.6 Å². The number of fused-ring (bicyclic) bond motifs is 1. The molecular weight excluding hydrogens is 381 g/mol. The van der Waals surface area contributed by atoms with E-state index in [1.807, 2.05) is 0 Å². The van der Waals surface area contributed by atoms with Gasteiger partial charge in [0.2, 0.25) is 16.0 Å². The summed E-state index contributed by atoms with van der Waals surface area (Å²) in [4.78, 5) is 2.81. The Kier molecular flexibility index (Phi) is 3.93. The van der Waals surface area contributed by atoms with Crippen LogP contribution in [-0.2, 0) is 16.2 Å². The average molecular weight is 391 g/mol. The summed E-state index contributed by atoms with van der Waals surface area (Å²) in [7, 11) is -4.64. The van der Waals surface area contributed by atoms with E-state index in [1.165, 1.54) is 4.57 Å². The molecule has 0 aliphatic rings. The van der Waals surface area contributed by atoms with Gasteiger partial charge in [-0.15, -0.1) is 0 Å². The molecule has 2 aromatic carbocycles. The molecule has 0 amide bonds. The molecule has 3 aromatic rings. The summed E-state index contributed by atoms with van der Waals surface area (Å²) in [6.45, 7) is 0. The second-order valence-corrected chi connectivity index (χ2v) is 7.07. The third kappa shape index (κ3) is 3.03. The van der Waals surface area contributed by atoms with Crippen molar-refractivity contribution in [1.29, 1.82) is 0 Å². The molecule has 25 heavy (non-hydrogen) atoms. The minimum Gasteiger partial charge on any atom is -0.369 e. The highest BCUT2D eigenvalue weighted by atomic mass is 35.5. The number of benzene rings is 2. The van der Waals surface area contributed by atoms with Crippen molar-refractivity contribution in [2.24, 2.45) is 5.14 Å². The van der Waals surface area contributed by atoms with E-state index in [9.17, 15) is 21.6 Å². The fourth-order valence-corrected chi connectivity index (χ4v) is 3.44. The fraction of sp³-hybridized carbons (Fsp3) is 0.0714. The first-order chi connectivity index (χ1) is 11.5. The van der Waals surface area contributed by atoms with E-state index in [1.54, 1.807) is 24.3 Å². The van der Waals surface area contributed by atoms with Crippen molar-refractivity contribution < 1.29 is 21.6 Å². The van der Waals surface area contributed by atoms with Gasteiger partial charge in [0.15, 0.2) is 0 Å². The Balaban J connectivity index is 2.44. The molecule has 0 saturated carbocycles. The third-order valence-corrected chi connectivity index (χ3v) is 4.76. The standard InChI is InChI=1S/C14H10ClF3N4O2S/c15-8-3-1-2-4-10(8)22-11-6-12(25(20,23)24)7(14(16,17)18)5-9(11)21-13(22)19/h1-6H,(H2,19,21)(H2,20,23,24). The normalized spacial score (nSPS) is 12.7. The Morgan fingerprint density at radius 1 is 1.16 bits per heavy atom. The van der Waals surface area contributed by atoms with E-state index < -0.39 is 26.7 Å². The number of nitrogens with zero attached hydrogens (tertiary/aromatic N) is 2. The first kappa shape index (κ1) is 17.5. The number of hydrogen-bond acceptors (Lipinski definition) is 4. The van der Waals surface area contributed by atoms with Crippen LogP contribution < -0.4 is 10.9 Å². The Hall–Kier alpha value is -2.30. The smallest absolute Gasteiger partial charge is 0.369 e. The Bertz CT molecular complexity index is 1090. The second kappa shape index (κ2) is 5.61. The zero-order valence-corrected chi connectivity index (χ0v) is 13.8. The SMILES string of the molecule is Nc1nc2cc(C(F)(F)F)c(S(N)(=O)=O)cc2n1-c1ccccc1Cl. The maximum Gasteiger partial charge on any atom is 0.417 e. The molecule has 132 valence electrons. The quantitative estimate of drug-likeness (QED) is 0.702. The van der Waals surface area contributed by atoms with Gasteiger partial charge in [0.25, 0.3) is 0 Å². The average Bonchev–Trinajstić information content (AvgIpc) is 2.80. The summed E-state index contributed by atoms with van der Waals surface area (Å²) in [5.74, 6) is -0.150. The maximum atomic E-state index is 13.2. The Morgan fingerprint density at radius 3 is 2.36 bits per heavy atom. The number of primary sulfonamides is 1. The predicted octanol–water partition coefficient (Wildman–Crippen LogP) is 2.93. The van der Waals surface area contributed by atoms with Gasteiger partial charge in [-0.05, 0) is 24.3 Å². The Morgan fingerprint density at radius 2 is 1.80 bits per heavy atom. The van der Waals surface area contributed by atoms with Crippen LogP contribution in [-0.4, -0.2) is 18.0 Å². The van der Waals surface area contributed by atoms with Gasteiger partial charge >= 0.3 is 6.18 Å². The molecule has 0 bridgehead atoms. The van der Waals surface area contributed by atoms with Crippen LogP contribution in [0.25, 0.3) is 16.7 Å². The van der Waals surface area contributed by atoms with E-state index in [0.29, 0.717) is 11.8 Å². The van der Waals surface area contributed by atoms with Crippen molar-refractivity contribution in [2.75, 3.05) is 5.73 Å². The highest BCUT2D eigenvalue weighted by Gasteiger charge is 2.37. The number of para-hydroxylation sites is 1. The number of aromatic nitrogens is 2. The van der Waals surface area contributed by atoms with Crippen LogP contribution in [0.2, 0.25) is 5.02 Å². The van der Waals surface area contributed by atoms with Crippen LogP contribution in [0.3, 0.4) is 0 Å². The van der Waals surface area contributed by atoms with Crippen LogP contribution in [0.1, 0.15) is 5.56 Å². The number of nitrogens with two attached hydrogens (primary N) is 2. The molecule has 0 radical (unpaired) electrons. The molecule has 0 aliphatic carbocycles. The molecule has 6 nitrogen and oxygen atoms in total. The molecule has 1 heterocycles. The number of sulfonamides is 1. The third-order valence-electron chi connectivity index (χ3n) is 3.49. The van der Waals surface area contributed by atoms with E-state index in [4.69, 9.17) is 22.5 Å². The zero-order valence-electron chi connectivity index (χ0n) is 12.2. The first-order valence-corrected chi connectivity index (χ1v) is 8.59. The van der Waals surface area contributed by atoms with Crippen molar-refractivity contribution in [2.45, 2.75) is 11.1 Å². The maximum absolute atomic E-state index is 13.2. The predicted molar refractivity (Wildman–Crippen MR) is 86.9 cm³/mol. The highest BCUT2D eigenvalue weighted by Crippen LogP contribution is 2.38. The van der Waals surface area contributed by atoms with E-state index in [0.717, 1.165) is 6.07 Å². The highest BCUT2D eigenvalue weighted by molar-refractivity contribution is 7.89. The molecule has 11 heteroatoms. The molecule has 0 spiro atoms. The van der Waals surface area contributed by atoms with Crippen LogP contribution in [0.5, 0.6) is 0 Å². The topological polar surface area (TPSA) is 104 Å². The number of imidazole rings is 1. The van der Waals surface area contributed by atoms with Crippen molar-refractivity contribution in [3.8, 4) is 5.69 Å². The van der Waals surface area contributed by atoms with E-state index in [2.05, 4.69) is 4.98 Å². The molecule has 0 aliphatic heterocycles. The summed E-state index contributed by atoms with van der Waals surface area (Å²) < 4.78 is 64.2. The lowest BCUT2D eigenvalue weighted by Gasteiger charge is -2.13. The van der Waals surface area contributed by atoms with Crippen LogP contribution in [0, 0.1) is 0 Å². The van der Waals surface area contributed by atoms with Gasteiger partial charge in [0, 0.05) is 0 Å². The van der Waals surface area contributed by atoms with Crippen molar-refractivity contribution in [1.82, 2.24) is 9.55 Å². The van der Waals surface area contributed by atoms with E-state index in [-0.39, 0.29) is 22.0 Å². The second-order valence-electron chi connectivity index (χ2n) is 5.14. The molecule has 4 N–H and O–H groups in total. The fourth-order valence-electron chi connectivity index (χ4n) is 2.47. The van der Waals surface area contributed by atoms with E-state index >= 15 is 0 Å². The van der Waals surface area contributed by atoms with Crippen LogP contribution in [0.15, 0.2) is 41.3 Å². The minimum atomic E-state index is -4.93. The number of nitrogen functional groups attached to an aromatic ring is 1. The van der Waals surface area contributed by atoms with Gasteiger partial charge in [0.05, 0.1) is 32.2 Å². The van der Waals surface area contributed by atoms with Crippen molar-refractivity contribution in [3.63, 3.8) is 0 Å². The molecule has 0 saturated heterocycles. The Labute approximate surface area is 144 Å². The van der Waals surface area contributed by atoms with Gasteiger partial charge in [-0.3, -0.25) is 4.57 Å². The van der Waals surface area contributed by atoms with Gasteiger partial charge in [-0.1, -0.05) is 23.7 Å². The molecular formula is C14H10ClF3N4O2S. The molecule has 1 aromatic heterocycles. The number of anilines is 1. The lowest BCUT2D eigenvalue weighted by molar-refractivity contribution is -0.139. The number of rotatable bonds is 2. The largest absolute Gasteiger partial charge is 0.417 e. The van der Waals surface area contributed by atoms with Crippen LogP contribution >= 0.6 is 11.6 Å². The van der Waals surface area contributed by atoms with Gasteiger partial charge in [-0.25, -0.2) is 18.5 Å². The summed E-state index contributed by atoms with van der Waals surface area (Å²) in [6, 6.07) is 7.79. The van der Waals surface area contributed by atoms with Gasteiger partial charge < -0.3 is 5.73 Å². The van der Waals surface area contributed by atoms with Crippen molar-refractivity contribution in [3.05, 3.63) is 47.0 Å². The minimum absolute atomic E-state index is 0.0302. The lowest BCUT2D eigenvalue weighted by atomic mass is 10.2. The lowest BCUT2D eigenvalue weighted by Crippen LogP contribution is -2.19. The molecule has 0 atom stereocenters. The molecule has 3 rings (SSSR count). The molecule has 0 unspecified atom stereocenters. The van der Waals surface area contributed by atoms with Gasteiger partial charge in [0.1, 0.15) is 0 Å². The number of alkyl halides is 3. The summed E-state index contributed by atoms with van der Waals surface area (Å²) in [5, 5.41) is 5.21. The monoisotopic (exact) mass is 390 g/mol. The van der Waals surface area contributed by atoms with Crippen LogP contribution in [0.4, 0.5) is 19.1 Å². The summed E-state index contributed by atoms with van der Waals surface area (Å²) >= 11 is 6.09. The number of halogens is 4. The zero-order chi connectivity index (χ0) is 18.6. The number of hydrogen-bond donors (Lipinski definition) is 2. The first-order valence-electron chi connectivity index (χ1n) is 6.67. The van der Waals surface area contributed by atoms with Gasteiger partial charge in [-0.2, -0.15) is 13.2 Å². The summed E-state index contributed by atoms with van der Waals surface area (Å²) in [5.41, 5.74) is 4.62.